The molecule has 1 saturated carbocycles. The van der Waals surface area contributed by atoms with E-state index in [4.69, 9.17) is 0 Å². The first-order valence-electron chi connectivity index (χ1n) is 18.4. The molecule has 2 aliphatic rings. The second-order valence-corrected chi connectivity index (χ2v) is 14.6. The standard InChI is InChI=1S/C38H57N5O6/c1-4-28(25(2)3)20-34(44)31(19-27-14-9-6-10-15-27)41-37(47)32(22-30-23-39-24-40-30)42-36(46)29(18-26-12-7-5-8-13-26)21-35(45)33-16-11-17-43(33)38(48)49/h5,7-8,12-13,23-25,27-29,31-34,44H,4,6,9-11,14-22H2,1-3H3,(H,39,40)(H,41,47)(H,42,46)(H,48,49)/t28-,29-,31-,32-,33-,34+/m0/s1. The zero-order valence-corrected chi connectivity index (χ0v) is 29.5. The molecule has 0 radical (unpaired) electrons. The number of ketones is 1. The summed E-state index contributed by atoms with van der Waals surface area (Å²) in [6.07, 6.45) is 10.4. The second-order valence-electron chi connectivity index (χ2n) is 14.6. The SMILES string of the molecule is CC[C@@H](C[C@@H](O)[C@H](CC1CCCCC1)NC(=O)[C@H](Cc1c[nH]cn1)NC(=O)[C@H](CC(=O)[C@@H]1CCCN1C(=O)O)Cc1ccccc1)C(C)C. The first-order valence-corrected chi connectivity index (χ1v) is 18.4. The van der Waals surface area contributed by atoms with E-state index >= 15 is 0 Å². The van der Waals surface area contributed by atoms with Crippen LogP contribution in [-0.2, 0) is 27.2 Å². The quantitative estimate of drug-likeness (QED) is 0.143. The van der Waals surface area contributed by atoms with Crippen LogP contribution in [0.1, 0.15) is 103 Å². The molecule has 6 atom stereocenters. The van der Waals surface area contributed by atoms with Gasteiger partial charge in [-0.25, -0.2) is 9.78 Å². The molecule has 2 heterocycles. The van der Waals surface area contributed by atoms with Crippen molar-refractivity contribution in [3.8, 4) is 0 Å². The molecule has 2 aromatic rings. The number of aromatic amines is 1. The van der Waals surface area contributed by atoms with Crippen molar-refractivity contribution in [3.63, 3.8) is 0 Å². The molecular formula is C38H57N5O6. The molecule has 270 valence electrons. The van der Waals surface area contributed by atoms with Gasteiger partial charge in [0, 0.05) is 31.5 Å². The fourth-order valence-electron chi connectivity index (χ4n) is 7.74. The molecular weight excluding hydrogens is 622 g/mol. The zero-order chi connectivity index (χ0) is 35.3. The average molecular weight is 680 g/mol. The number of aliphatic hydroxyl groups is 1. The van der Waals surface area contributed by atoms with E-state index in [1.54, 1.807) is 6.20 Å². The smallest absolute Gasteiger partial charge is 0.407 e. The van der Waals surface area contributed by atoms with Gasteiger partial charge in [-0.2, -0.15) is 0 Å². The maximum absolute atomic E-state index is 14.2. The minimum Gasteiger partial charge on any atom is -0.465 e. The summed E-state index contributed by atoms with van der Waals surface area (Å²) in [6, 6.07) is 7.12. The maximum Gasteiger partial charge on any atom is 0.407 e. The zero-order valence-electron chi connectivity index (χ0n) is 29.5. The van der Waals surface area contributed by atoms with Crippen LogP contribution in [0.5, 0.6) is 0 Å². The Bertz CT molecular complexity index is 1330. The molecule has 1 aromatic carbocycles. The molecule has 11 heteroatoms. The number of carboxylic acid groups (broad SMARTS) is 1. The van der Waals surface area contributed by atoms with Crippen LogP contribution in [0.3, 0.4) is 0 Å². The van der Waals surface area contributed by atoms with E-state index in [9.17, 15) is 29.4 Å². The number of nitrogens with zero attached hydrogens (tertiary/aromatic N) is 2. The molecule has 1 saturated heterocycles. The Balaban J connectivity index is 1.55. The molecule has 0 spiro atoms. The van der Waals surface area contributed by atoms with Crippen LogP contribution >= 0.6 is 0 Å². The van der Waals surface area contributed by atoms with Crippen molar-refractivity contribution in [1.82, 2.24) is 25.5 Å². The maximum atomic E-state index is 14.2. The van der Waals surface area contributed by atoms with Crippen LogP contribution in [0, 0.1) is 23.7 Å². The summed E-state index contributed by atoms with van der Waals surface area (Å²) in [5.41, 5.74) is 1.45. The summed E-state index contributed by atoms with van der Waals surface area (Å²) < 4.78 is 0. The lowest BCUT2D eigenvalue weighted by Crippen LogP contribution is -2.55. The number of H-pyrrole nitrogens is 1. The van der Waals surface area contributed by atoms with E-state index in [0.717, 1.165) is 42.6 Å². The number of Topliss-reactive ketones (excluding diaryl/α,β-unsaturated/α-hetero) is 1. The van der Waals surface area contributed by atoms with Gasteiger partial charge in [-0.1, -0.05) is 89.6 Å². The van der Waals surface area contributed by atoms with Crippen molar-refractivity contribution in [2.75, 3.05) is 6.54 Å². The van der Waals surface area contributed by atoms with Gasteiger partial charge in [-0.3, -0.25) is 19.3 Å². The summed E-state index contributed by atoms with van der Waals surface area (Å²) >= 11 is 0. The molecule has 1 aliphatic heterocycles. The third kappa shape index (κ3) is 11.4. The molecule has 0 unspecified atom stereocenters. The minimum atomic E-state index is -1.14. The van der Waals surface area contributed by atoms with Crippen molar-refractivity contribution in [2.45, 2.75) is 128 Å². The van der Waals surface area contributed by atoms with Crippen LogP contribution in [0.2, 0.25) is 0 Å². The third-order valence-corrected chi connectivity index (χ3v) is 10.7. The highest BCUT2D eigenvalue weighted by molar-refractivity contribution is 5.94. The van der Waals surface area contributed by atoms with Gasteiger partial charge in [0.25, 0.3) is 0 Å². The number of nitrogens with one attached hydrogen (secondary N) is 3. The summed E-state index contributed by atoms with van der Waals surface area (Å²) in [4.78, 5) is 62.0. The topological polar surface area (TPSA) is 165 Å². The fraction of sp³-hybridized carbons (Fsp3) is 0.658. The predicted octanol–water partition coefficient (Wildman–Crippen LogP) is 5.29. The largest absolute Gasteiger partial charge is 0.465 e. The Hall–Kier alpha value is -3.73. The van der Waals surface area contributed by atoms with Gasteiger partial charge in [0.1, 0.15) is 6.04 Å². The van der Waals surface area contributed by atoms with Crippen LogP contribution in [0.25, 0.3) is 0 Å². The van der Waals surface area contributed by atoms with E-state index in [1.807, 2.05) is 30.3 Å². The summed E-state index contributed by atoms with van der Waals surface area (Å²) in [5.74, 6) is -0.845. The monoisotopic (exact) mass is 679 g/mol. The number of aliphatic hydroxyl groups excluding tert-OH is 1. The van der Waals surface area contributed by atoms with Gasteiger partial charge >= 0.3 is 6.09 Å². The second kappa shape index (κ2) is 18.9. The molecule has 1 aromatic heterocycles. The summed E-state index contributed by atoms with van der Waals surface area (Å²) in [5, 5.41) is 27.3. The number of rotatable bonds is 18. The molecule has 11 nitrogen and oxygen atoms in total. The van der Waals surface area contributed by atoms with Crippen LogP contribution in [0.4, 0.5) is 4.79 Å². The third-order valence-electron chi connectivity index (χ3n) is 10.7. The molecule has 4 rings (SSSR count). The first-order chi connectivity index (χ1) is 23.5. The Morgan fingerprint density at radius 3 is 2.35 bits per heavy atom. The van der Waals surface area contributed by atoms with E-state index in [2.05, 4.69) is 41.4 Å². The number of carbonyl (C=O) groups excluding carboxylic acids is 3. The highest BCUT2D eigenvalue weighted by Crippen LogP contribution is 2.30. The van der Waals surface area contributed by atoms with Crippen molar-refractivity contribution in [3.05, 3.63) is 54.1 Å². The van der Waals surface area contributed by atoms with E-state index in [1.165, 1.54) is 12.7 Å². The lowest BCUT2D eigenvalue weighted by Gasteiger charge is -2.33. The van der Waals surface area contributed by atoms with Gasteiger partial charge in [0.2, 0.25) is 11.8 Å². The number of imidazole rings is 1. The van der Waals surface area contributed by atoms with Gasteiger partial charge < -0.3 is 25.8 Å². The Labute approximate surface area is 291 Å². The van der Waals surface area contributed by atoms with Crippen molar-refractivity contribution in [2.24, 2.45) is 23.7 Å². The van der Waals surface area contributed by atoms with E-state index in [-0.39, 0.29) is 31.6 Å². The Morgan fingerprint density at radius 1 is 0.980 bits per heavy atom. The minimum absolute atomic E-state index is 0.123. The van der Waals surface area contributed by atoms with Gasteiger partial charge in [-0.05, 0) is 55.4 Å². The number of amides is 3. The number of likely N-dealkylation sites (tertiary alicyclic amines) is 1. The summed E-state index contributed by atoms with van der Waals surface area (Å²) in [6.45, 7) is 6.74. The normalized spacial score (nSPS) is 19.9. The van der Waals surface area contributed by atoms with E-state index < -0.39 is 48.1 Å². The Kier molecular flexibility index (Phi) is 14.7. The van der Waals surface area contributed by atoms with Crippen molar-refractivity contribution < 1.29 is 29.4 Å². The number of benzene rings is 1. The first kappa shape index (κ1) is 38.1. The van der Waals surface area contributed by atoms with Crippen LogP contribution in [-0.4, -0.2) is 79.5 Å². The molecule has 49 heavy (non-hydrogen) atoms. The van der Waals surface area contributed by atoms with Crippen LogP contribution in [0.15, 0.2) is 42.9 Å². The molecule has 0 bridgehead atoms. The fourth-order valence-corrected chi connectivity index (χ4v) is 7.74. The number of carbonyl (C=O) groups is 4. The summed E-state index contributed by atoms with van der Waals surface area (Å²) in [7, 11) is 0. The highest BCUT2D eigenvalue weighted by atomic mass is 16.4. The predicted molar refractivity (Wildman–Crippen MR) is 188 cm³/mol. The highest BCUT2D eigenvalue weighted by Gasteiger charge is 2.37. The average Bonchev–Trinajstić information content (AvgIpc) is 3.80. The van der Waals surface area contributed by atoms with Gasteiger partial charge in [-0.15, -0.1) is 0 Å². The molecule has 1 aliphatic carbocycles. The van der Waals surface area contributed by atoms with Gasteiger partial charge in [0.15, 0.2) is 5.78 Å². The van der Waals surface area contributed by atoms with Crippen molar-refractivity contribution >= 4 is 23.7 Å². The molecule has 2 fully saturated rings. The van der Waals surface area contributed by atoms with Crippen LogP contribution < -0.4 is 10.6 Å². The van der Waals surface area contributed by atoms with Gasteiger partial charge in [0.05, 0.1) is 30.2 Å². The van der Waals surface area contributed by atoms with Crippen molar-refractivity contribution in [1.29, 1.82) is 0 Å². The Morgan fingerprint density at radius 2 is 1.71 bits per heavy atom. The molecule has 3 amide bonds. The number of hydrogen-bond acceptors (Lipinski definition) is 6. The lowest BCUT2D eigenvalue weighted by atomic mass is 9.80. The molecule has 5 N–H and O–H groups in total. The number of aromatic nitrogens is 2. The van der Waals surface area contributed by atoms with E-state index in [0.29, 0.717) is 49.1 Å². The number of hydrogen-bond donors (Lipinski definition) is 5. The lowest BCUT2D eigenvalue weighted by molar-refractivity contribution is -0.134.